The van der Waals surface area contributed by atoms with Crippen molar-refractivity contribution in [3.05, 3.63) is 0 Å². The van der Waals surface area contributed by atoms with Gasteiger partial charge in [-0.25, -0.2) is 9.59 Å². The van der Waals surface area contributed by atoms with E-state index < -0.39 is 24.0 Å². The van der Waals surface area contributed by atoms with Crippen LogP contribution in [0.25, 0.3) is 0 Å². The summed E-state index contributed by atoms with van der Waals surface area (Å²) >= 11 is 0. The standard InChI is InChI=1S/C12H19N3O6/c1-21-10(17)3-2-8(11(18)19)14-12(20)15-6-4-9(16)13-5-7-15/h8H,2-7H2,1H3,(H,13,16)(H,14,20)(H,18,19)/t8-/m1/s1. The maximum atomic E-state index is 12.0. The van der Waals surface area contributed by atoms with Crippen LogP contribution in [0.1, 0.15) is 19.3 Å². The Kier molecular flexibility index (Phi) is 6.44. The van der Waals surface area contributed by atoms with E-state index in [1.807, 2.05) is 0 Å². The molecule has 21 heavy (non-hydrogen) atoms. The molecule has 1 aliphatic heterocycles. The summed E-state index contributed by atoms with van der Waals surface area (Å²) < 4.78 is 4.43. The number of hydrogen-bond donors (Lipinski definition) is 3. The summed E-state index contributed by atoms with van der Waals surface area (Å²) in [5.74, 6) is -1.91. The monoisotopic (exact) mass is 301 g/mol. The van der Waals surface area contributed by atoms with E-state index in [4.69, 9.17) is 5.11 Å². The van der Waals surface area contributed by atoms with E-state index in [0.717, 1.165) is 0 Å². The normalized spacial score (nSPS) is 16.4. The number of esters is 1. The first-order chi connectivity index (χ1) is 9.93. The second-order valence-corrected chi connectivity index (χ2v) is 4.54. The van der Waals surface area contributed by atoms with Gasteiger partial charge in [0.05, 0.1) is 7.11 Å². The Morgan fingerprint density at radius 2 is 2.14 bits per heavy atom. The Hall–Kier alpha value is -2.32. The van der Waals surface area contributed by atoms with E-state index in [2.05, 4.69) is 15.4 Å². The van der Waals surface area contributed by atoms with Crippen LogP contribution < -0.4 is 10.6 Å². The SMILES string of the molecule is COC(=O)CC[C@@H](NC(=O)N1CCNC(=O)CC1)C(=O)O. The van der Waals surface area contributed by atoms with E-state index >= 15 is 0 Å². The topological polar surface area (TPSA) is 125 Å². The van der Waals surface area contributed by atoms with E-state index in [1.54, 1.807) is 0 Å². The highest BCUT2D eigenvalue weighted by molar-refractivity contribution is 5.84. The van der Waals surface area contributed by atoms with Gasteiger partial charge < -0.3 is 25.4 Å². The van der Waals surface area contributed by atoms with Gasteiger partial charge in [-0.15, -0.1) is 0 Å². The Morgan fingerprint density at radius 3 is 2.76 bits per heavy atom. The number of methoxy groups -OCH3 is 1. The number of carboxylic acids is 1. The van der Waals surface area contributed by atoms with Crippen molar-refractivity contribution in [1.82, 2.24) is 15.5 Å². The largest absolute Gasteiger partial charge is 0.480 e. The van der Waals surface area contributed by atoms with Crippen molar-refractivity contribution >= 4 is 23.9 Å². The molecule has 1 saturated heterocycles. The van der Waals surface area contributed by atoms with E-state index in [1.165, 1.54) is 12.0 Å². The van der Waals surface area contributed by atoms with E-state index in [9.17, 15) is 19.2 Å². The van der Waals surface area contributed by atoms with Gasteiger partial charge in [0.15, 0.2) is 0 Å². The van der Waals surface area contributed by atoms with Gasteiger partial charge in [0, 0.05) is 32.5 Å². The van der Waals surface area contributed by atoms with Gasteiger partial charge in [-0.05, 0) is 6.42 Å². The van der Waals surface area contributed by atoms with Crippen molar-refractivity contribution in [2.75, 3.05) is 26.7 Å². The zero-order chi connectivity index (χ0) is 15.8. The second kappa shape index (κ2) is 8.08. The lowest BCUT2D eigenvalue weighted by Crippen LogP contribution is -2.49. The number of carbonyl (C=O) groups excluding carboxylic acids is 3. The maximum Gasteiger partial charge on any atom is 0.326 e. The summed E-state index contributed by atoms with van der Waals surface area (Å²) in [5.41, 5.74) is 0. The van der Waals surface area contributed by atoms with Crippen LogP contribution in [-0.4, -0.2) is 66.7 Å². The Morgan fingerprint density at radius 1 is 1.43 bits per heavy atom. The highest BCUT2D eigenvalue weighted by Crippen LogP contribution is 2.03. The minimum atomic E-state index is -1.23. The van der Waals surface area contributed by atoms with Crippen LogP contribution in [-0.2, 0) is 19.1 Å². The van der Waals surface area contributed by atoms with Crippen molar-refractivity contribution in [3.63, 3.8) is 0 Å². The molecule has 0 bridgehead atoms. The molecule has 118 valence electrons. The van der Waals surface area contributed by atoms with Crippen molar-refractivity contribution < 1.29 is 29.0 Å². The molecule has 1 atom stereocenters. The molecule has 0 radical (unpaired) electrons. The molecular formula is C12H19N3O6. The quantitative estimate of drug-likeness (QED) is 0.555. The first kappa shape index (κ1) is 16.7. The van der Waals surface area contributed by atoms with Gasteiger partial charge in [-0.2, -0.15) is 0 Å². The number of nitrogens with one attached hydrogen (secondary N) is 2. The fraction of sp³-hybridized carbons (Fsp3) is 0.667. The zero-order valence-electron chi connectivity index (χ0n) is 11.8. The van der Waals surface area contributed by atoms with Crippen molar-refractivity contribution in [1.29, 1.82) is 0 Å². The fourth-order valence-electron chi connectivity index (χ4n) is 1.83. The molecule has 9 nitrogen and oxygen atoms in total. The predicted molar refractivity (Wildman–Crippen MR) is 70.4 cm³/mol. The third-order valence-electron chi connectivity index (χ3n) is 3.06. The number of rotatable bonds is 5. The van der Waals surface area contributed by atoms with Crippen molar-refractivity contribution in [2.24, 2.45) is 0 Å². The summed E-state index contributed by atoms with van der Waals surface area (Å²) in [5, 5.41) is 14.0. The van der Waals surface area contributed by atoms with Gasteiger partial charge in [-0.3, -0.25) is 9.59 Å². The molecule has 0 aromatic heterocycles. The molecule has 0 aliphatic carbocycles. The first-order valence-electron chi connectivity index (χ1n) is 6.55. The molecule has 0 saturated carbocycles. The van der Waals surface area contributed by atoms with Crippen molar-refractivity contribution in [3.8, 4) is 0 Å². The number of hydrogen-bond acceptors (Lipinski definition) is 5. The summed E-state index contributed by atoms with van der Waals surface area (Å²) in [6.45, 7) is 0.855. The highest BCUT2D eigenvalue weighted by atomic mass is 16.5. The number of nitrogens with zero attached hydrogens (tertiary/aromatic N) is 1. The number of amides is 3. The summed E-state index contributed by atoms with van der Waals surface area (Å²) in [7, 11) is 1.21. The van der Waals surface area contributed by atoms with Gasteiger partial charge in [0.2, 0.25) is 5.91 Å². The molecule has 1 fully saturated rings. The molecule has 0 aromatic rings. The van der Waals surface area contributed by atoms with Crippen LogP contribution in [0.15, 0.2) is 0 Å². The van der Waals surface area contributed by atoms with Gasteiger partial charge in [0.1, 0.15) is 6.04 Å². The summed E-state index contributed by atoms with van der Waals surface area (Å²) in [4.78, 5) is 46.6. The molecule has 1 aliphatic rings. The molecule has 3 amide bonds. The maximum absolute atomic E-state index is 12.0. The summed E-state index contributed by atoms with van der Waals surface area (Å²) in [6.07, 6.45) is 0.0138. The first-order valence-corrected chi connectivity index (χ1v) is 6.55. The predicted octanol–water partition coefficient (Wildman–Crippen LogP) is -1.08. The molecule has 0 aromatic carbocycles. The van der Waals surface area contributed by atoms with E-state index in [0.29, 0.717) is 13.1 Å². The highest BCUT2D eigenvalue weighted by Gasteiger charge is 2.25. The molecule has 0 unspecified atom stereocenters. The molecule has 1 rings (SSSR count). The average Bonchev–Trinajstić information content (AvgIpc) is 2.67. The molecule has 1 heterocycles. The van der Waals surface area contributed by atoms with Crippen LogP contribution >= 0.6 is 0 Å². The Bertz CT molecular complexity index is 425. The smallest absolute Gasteiger partial charge is 0.326 e. The van der Waals surface area contributed by atoms with E-state index in [-0.39, 0.29) is 31.7 Å². The minimum absolute atomic E-state index is 0.0568. The van der Waals surface area contributed by atoms with Gasteiger partial charge >= 0.3 is 18.0 Å². The second-order valence-electron chi connectivity index (χ2n) is 4.54. The lowest BCUT2D eigenvalue weighted by Gasteiger charge is -2.23. The molecular weight excluding hydrogens is 282 g/mol. The number of aliphatic carboxylic acids is 1. The molecule has 0 spiro atoms. The zero-order valence-corrected chi connectivity index (χ0v) is 11.8. The van der Waals surface area contributed by atoms with Crippen molar-refractivity contribution in [2.45, 2.75) is 25.3 Å². The third-order valence-corrected chi connectivity index (χ3v) is 3.06. The third kappa shape index (κ3) is 5.67. The fourth-order valence-corrected chi connectivity index (χ4v) is 1.83. The lowest BCUT2D eigenvalue weighted by atomic mass is 10.1. The van der Waals surface area contributed by atoms with Crippen LogP contribution in [0.4, 0.5) is 4.79 Å². The number of carboxylic acid groups (broad SMARTS) is 1. The van der Waals surface area contributed by atoms with Crippen LogP contribution in [0.2, 0.25) is 0 Å². The number of urea groups is 1. The van der Waals surface area contributed by atoms with Gasteiger partial charge in [0.25, 0.3) is 0 Å². The minimum Gasteiger partial charge on any atom is -0.480 e. The number of ether oxygens (including phenoxy) is 1. The average molecular weight is 301 g/mol. The lowest BCUT2D eigenvalue weighted by molar-refractivity contribution is -0.142. The Labute approximate surface area is 121 Å². The number of carbonyl (C=O) groups is 4. The molecule has 3 N–H and O–H groups in total. The summed E-state index contributed by atoms with van der Waals surface area (Å²) in [6, 6.07) is -1.74. The van der Waals surface area contributed by atoms with Crippen LogP contribution in [0.5, 0.6) is 0 Å². The van der Waals surface area contributed by atoms with Crippen LogP contribution in [0, 0.1) is 0 Å². The Balaban J connectivity index is 2.53. The molecule has 9 heteroatoms. The van der Waals surface area contributed by atoms with Gasteiger partial charge in [-0.1, -0.05) is 0 Å². The van der Waals surface area contributed by atoms with Crippen LogP contribution in [0.3, 0.4) is 0 Å².